The number of hydrogen-bond donors (Lipinski definition) is 1. The fraction of sp³-hybridized carbons (Fsp3) is 0.0435. The fourth-order valence-electron chi connectivity index (χ4n) is 3.13. The summed E-state index contributed by atoms with van der Waals surface area (Å²) in [7, 11) is 0. The van der Waals surface area contributed by atoms with Gasteiger partial charge in [0.1, 0.15) is 0 Å². The predicted octanol–water partition coefficient (Wildman–Crippen LogP) is 4.61. The number of carbonyl (C=O) groups is 1. The van der Waals surface area contributed by atoms with Crippen molar-refractivity contribution in [2.75, 3.05) is 0 Å². The van der Waals surface area contributed by atoms with Gasteiger partial charge in [-0.2, -0.15) is 5.10 Å². The molecule has 4 rings (SSSR count). The van der Waals surface area contributed by atoms with Crippen LogP contribution in [0.25, 0.3) is 28.1 Å². The highest BCUT2D eigenvalue weighted by atomic mass is 16.1. The van der Waals surface area contributed by atoms with Gasteiger partial charge in [-0.05, 0) is 48.4 Å². The largest absolute Gasteiger partial charge is 0.366 e. The van der Waals surface area contributed by atoms with Crippen LogP contribution >= 0.6 is 0 Å². The molecule has 0 atom stereocenters. The van der Waals surface area contributed by atoms with Crippen LogP contribution in [0.3, 0.4) is 0 Å². The van der Waals surface area contributed by atoms with Crippen LogP contribution in [0.15, 0.2) is 84.9 Å². The highest BCUT2D eigenvalue weighted by Gasteiger charge is 2.11. The first-order valence-electron chi connectivity index (χ1n) is 8.74. The van der Waals surface area contributed by atoms with Crippen molar-refractivity contribution in [1.29, 1.82) is 0 Å². The van der Waals surface area contributed by atoms with Crippen molar-refractivity contribution in [3.63, 3.8) is 0 Å². The quantitative estimate of drug-likeness (QED) is 0.582. The van der Waals surface area contributed by atoms with Crippen LogP contribution in [0.2, 0.25) is 0 Å². The molecule has 0 unspecified atom stereocenters. The third kappa shape index (κ3) is 3.37. The maximum absolute atomic E-state index is 11.3. The number of primary amides is 1. The average molecular weight is 353 g/mol. The number of nitrogens with two attached hydrogens (primary N) is 1. The lowest BCUT2D eigenvalue weighted by molar-refractivity contribution is 0.100. The Morgan fingerprint density at radius 2 is 1.41 bits per heavy atom. The van der Waals surface area contributed by atoms with Gasteiger partial charge in [0, 0.05) is 11.1 Å². The smallest absolute Gasteiger partial charge is 0.248 e. The molecule has 27 heavy (non-hydrogen) atoms. The van der Waals surface area contributed by atoms with Crippen LogP contribution in [0.4, 0.5) is 0 Å². The Bertz CT molecular complexity index is 1080. The SMILES string of the molecule is Cc1cc(-c2ccc(-c3ccccc3)cc2)n(-c2ccc(C(N)=O)cc2)n1. The minimum absolute atomic E-state index is 0.435. The Balaban J connectivity index is 1.71. The molecule has 0 saturated carbocycles. The summed E-state index contributed by atoms with van der Waals surface area (Å²) in [6, 6.07) is 27.9. The molecule has 3 aromatic carbocycles. The second-order valence-electron chi connectivity index (χ2n) is 6.44. The number of rotatable bonds is 4. The molecule has 4 nitrogen and oxygen atoms in total. The van der Waals surface area contributed by atoms with E-state index in [0.717, 1.165) is 22.6 Å². The van der Waals surface area contributed by atoms with Crippen molar-refractivity contribution < 1.29 is 4.79 Å². The third-order valence-corrected chi connectivity index (χ3v) is 4.52. The lowest BCUT2D eigenvalue weighted by Crippen LogP contribution is -2.10. The van der Waals surface area contributed by atoms with E-state index in [9.17, 15) is 4.79 Å². The van der Waals surface area contributed by atoms with Crippen molar-refractivity contribution >= 4 is 5.91 Å². The Labute approximate surface area is 157 Å². The molecule has 0 aliphatic heterocycles. The second-order valence-corrected chi connectivity index (χ2v) is 6.44. The van der Waals surface area contributed by atoms with Gasteiger partial charge in [-0.3, -0.25) is 4.79 Å². The zero-order chi connectivity index (χ0) is 18.8. The summed E-state index contributed by atoms with van der Waals surface area (Å²) in [6.07, 6.45) is 0. The van der Waals surface area contributed by atoms with E-state index in [1.807, 2.05) is 41.9 Å². The van der Waals surface area contributed by atoms with Gasteiger partial charge in [-0.1, -0.05) is 54.6 Å². The van der Waals surface area contributed by atoms with Crippen LogP contribution in [0, 0.1) is 6.92 Å². The monoisotopic (exact) mass is 353 g/mol. The molecule has 4 aromatic rings. The van der Waals surface area contributed by atoms with Crippen molar-refractivity contribution in [3.05, 3.63) is 96.2 Å². The number of aryl methyl sites for hydroxylation is 1. The molecule has 0 bridgehead atoms. The van der Waals surface area contributed by atoms with E-state index in [1.165, 1.54) is 11.1 Å². The minimum atomic E-state index is -0.435. The van der Waals surface area contributed by atoms with E-state index in [0.29, 0.717) is 5.56 Å². The molecule has 132 valence electrons. The van der Waals surface area contributed by atoms with Crippen LogP contribution in [-0.4, -0.2) is 15.7 Å². The fourth-order valence-corrected chi connectivity index (χ4v) is 3.13. The maximum Gasteiger partial charge on any atom is 0.248 e. The van der Waals surface area contributed by atoms with E-state index in [2.05, 4.69) is 47.6 Å². The molecular weight excluding hydrogens is 334 g/mol. The summed E-state index contributed by atoms with van der Waals surface area (Å²) in [5.74, 6) is -0.435. The van der Waals surface area contributed by atoms with Gasteiger partial charge in [0.15, 0.2) is 0 Å². The van der Waals surface area contributed by atoms with Crippen LogP contribution in [0.5, 0.6) is 0 Å². The summed E-state index contributed by atoms with van der Waals surface area (Å²) in [5, 5.41) is 4.61. The zero-order valence-electron chi connectivity index (χ0n) is 15.0. The molecule has 0 aliphatic carbocycles. The van der Waals surface area contributed by atoms with Crippen LogP contribution in [0.1, 0.15) is 16.1 Å². The Morgan fingerprint density at radius 1 is 0.815 bits per heavy atom. The number of benzene rings is 3. The molecule has 1 heterocycles. The standard InChI is InChI=1S/C23H19N3O/c1-16-15-22(26(25-16)21-13-11-20(12-14-21)23(24)27)19-9-7-18(8-10-19)17-5-3-2-4-6-17/h2-15H,1H3,(H2,24,27). The number of nitrogens with zero attached hydrogens (tertiary/aromatic N) is 2. The van der Waals surface area contributed by atoms with E-state index in [4.69, 9.17) is 5.73 Å². The lowest BCUT2D eigenvalue weighted by atomic mass is 10.0. The molecule has 1 amide bonds. The molecule has 0 aliphatic rings. The summed E-state index contributed by atoms with van der Waals surface area (Å²) in [6.45, 7) is 1.97. The van der Waals surface area contributed by atoms with Gasteiger partial charge in [0.05, 0.1) is 17.1 Å². The maximum atomic E-state index is 11.3. The molecular formula is C23H19N3O. The molecule has 2 N–H and O–H groups in total. The Hall–Kier alpha value is -3.66. The number of amides is 1. The van der Waals surface area contributed by atoms with Crippen molar-refractivity contribution in [1.82, 2.24) is 9.78 Å². The van der Waals surface area contributed by atoms with E-state index in [-0.39, 0.29) is 0 Å². The van der Waals surface area contributed by atoms with Gasteiger partial charge in [0.25, 0.3) is 0 Å². The first-order chi connectivity index (χ1) is 13.1. The molecule has 1 aromatic heterocycles. The predicted molar refractivity (Wildman–Crippen MR) is 108 cm³/mol. The first kappa shape index (κ1) is 16.8. The number of hydrogen-bond acceptors (Lipinski definition) is 2. The molecule has 0 saturated heterocycles. The second kappa shape index (κ2) is 6.92. The summed E-state index contributed by atoms with van der Waals surface area (Å²) < 4.78 is 1.89. The van der Waals surface area contributed by atoms with Gasteiger partial charge in [0.2, 0.25) is 5.91 Å². The molecule has 4 heteroatoms. The summed E-state index contributed by atoms with van der Waals surface area (Å²) in [5.41, 5.74) is 12.1. The van der Waals surface area contributed by atoms with Crippen LogP contribution in [-0.2, 0) is 0 Å². The molecule has 0 fully saturated rings. The lowest BCUT2D eigenvalue weighted by Gasteiger charge is -2.09. The average Bonchev–Trinajstić information content (AvgIpc) is 3.10. The normalized spacial score (nSPS) is 10.7. The highest BCUT2D eigenvalue weighted by molar-refractivity contribution is 5.92. The van der Waals surface area contributed by atoms with E-state index >= 15 is 0 Å². The minimum Gasteiger partial charge on any atom is -0.366 e. The number of carbonyl (C=O) groups excluding carboxylic acids is 1. The van der Waals surface area contributed by atoms with Crippen molar-refractivity contribution in [2.45, 2.75) is 6.92 Å². The third-order valence-electron chi connectivity index (χ3n) is 4.52. The van der Waals surface area contributed by atoms with E-state index < -0.39 is 5.91 Å². The zero-order valence-corrected chi connectivity index (χ0v) is 15.0. The van der Waals surface area contributed by atoms with Crippen molar-refractivity contribution in [2.24, 2.45) is 5.73 Å². The van der Waals surface area contributed by atoms with Gasteiger partial charge >= 0.3 is 0 Å². The van der Waals surface area contributed by atoms with Crippen molar-refractivity contribution in [3.8, 4) is 28.1 Å². The molecule has 0 spiro atoms. The first-order valence-corrected chi connectivity index (χ1v) is 8.74. The van der Waals surface area contributed by atoms with Gasteiger partial charge < -0.3 is 5.73 Å². The van der Waals surface area contributed by atoms with Crippen LogP contribution < -0.4 is 5.73 Å². The Morgan fingerprint density at radius 3 is 2.04 bits per heavy atom. The van der Waals surface area contributed by atoms with E-state index in [1.54, 1.807) is 12.1 Å². The highest BCUT2D eigenvalue weighted by Crippen LogP contribution is 2.27. The number of aromatic nitrogens is 2. The Kier molecular flexibility index (Phi) is 4.30. The van der Waals surface area contributed by atoms with Gasteiger partial charge in [-0.25, -0.2) is 4.68 Å². The van der Waals surface area contributed by atoms with Gasteiger partial charge in [-0.15, -0.1) is 0 Å². The topological polar surface area (TPSA) is 60.9 Å². The summed E-state index contributed by atoms with van der Waals surface area (Å²) >= 11 is 0. The molecule has 0 radical (unpaired) electrons. The summed E-state index contributed by atoms with van der Waals surface area (Å²) in [4.78, 5) is 11.3.